The molecule has 0 aromatic heterocycles. The van der Waals surface area contributed by atoms with Gasteiger partial charge in [-0.25, -0.2) is 0 Å². The summed E-state index contributed by atoms with van der Waals surface area (Å²) in [7, 11) is 1.59. The first-order chi connectivity index (χ1) is 14.9. The molecule has 1 spiro atoms. The highest BCUT2D eigenvalue weighted by Gasteiger charge is 2.73. The molecule has 168 valence electrons. The van der Waals surface area contributed by atoms with Crippen LogP contribution >= 0.6 is 23.4 Å². The van der Waals surface area contributed by atoms with E-state index in [2.05, 4.69) is 10.6 Å². The number of likely N-dealkylation sites (tertiary alicyclic amines) is 1. The van der Waals surface area contributed by atoms with E-state index in [9.17, 15) is 19.5 Å². The second-order valence-electron chi connectivity index (χ2n) is 8.55. The van der Waals surface area contributed by atoms with Crippen LogP contribution in [0.15, 0.2) is 18.2 Å². The minimum Gasteiger partial charge on any atom is -0.396 e. The van der Waals surface area contributed by atoms with Crippen molar-refractivity contribution in [3.63, 3.8) is 0 Å². The van der Waals surface area contributed by atoms with Gasteiger partial charge >= 0.3 is 0 Å². The number of para-hydroxylation sites is 1. The van der Waals surface area contributed by atoms with Gasteiger partial charge in [0.1, 0.15) is 6.04 Å². The Balaban J connectivity index is 1.70. The van der Waals surface area contributed by atoms with Crippen LogP contribution in [0.2, 0.25) is 5.02 Å². The molecule has 4 rings (SSSR count). The van der Waals surface area contributed by atoms with Crippen LogP contribution in [-0.2, 0) is 14.4 Å². The number of hydrogen-bond acceptors (Lipinski definition) is 5. The number of hydrogen-bond donors (Lipinski definition) is 3. The van der Waals surface area contributed by atoms with Gasteiger partial charge in [0.2, 0.25) is 17.7 Å². The average Bonchev–Trinajstić information content (AvgIpc) is 3.38. The molecule has 3 aliphatic heterocycles. The summed E-state index contributed by atoms with van der Waals surface area (Å²) in [5, 5.41) is 15.4. The summed E-state index contributed by atoms with van der Waals surface area (Å²) in [5.41, 5.74) is 1.40. The molecule has 5 atom stereocenters. The number of nitrogens with one attached hydrogen (secondary N) is 2. The number of thioether (sulfide) groups is 1. The Labute approximate surface area is 191 Å². The van der Waals surface area contributed by atoms with Crippen LogP contribution in [0.1, 0.15) is 31.2 Å². The molecule has 0 radical (unpaired) electrons. The molecule has 3 saturated heterocycles. The maximum atomic E-state index is 13.7. The molecule has 1 aromatic rings. The van der Waals surface area contributed by atoms with E-state index in [1.165, 1.54) is 0 Å². The number of aryl methyl sites for hydroxylation is 1. The molecule has 3 N–H and O–H groups in total. The highest BCUT2D eigenvalue weighted by atomic mass is 35.5. The van der Waals surface area contributed by atoms with Gasteiger partial charge in [-0.1, -0.05) is 23.7 Å². The third kappa shape index (κ3) is 3.52. The molecule has 3 fully saturated rings. The van der Waals surface area contributed by atoms with Crippen molar-refractivity contribution in [3.05, 3.63) is 28.8 Å². The number of halogens is 1. The zero-order chi connectivity index (χ0) is 22.3. The predicted octanol–water partition coefficient (Wildman–Crippen LogP) is 2.20. The Kier molecular flexibility index (Phi) is 6.25. The highest BCUT2D eigenvalue weighted by Crippen LogP contribution is 2.66. The predicted molar refractivity (Wildman–Crippen MR) is 121 cm³/mol. The van der Waals surface area contributed by atoms with Crippen LogP contribution in [0.5, 0.6) is 0 Å². The normalized spacial score (nSPS) is 31.1. The number of anilines is 1. The van der Waals surface area contributed by atoms with Crippen LogP contribution in [0.3, 0.4) is 0 Å². The zero-order valence-electron chi connectivity index (χ0n) is 17.7. The third-order valence-electron chi connectivity index (χ3n) is 6.87. The number of fused-ring (bicyclic) bond motifs is 1. The number of rotatable bonds is 7. The van der Waals surface area contributed by atoms with Gasteiger partial charge in [0.15, 0.2) is 0 Å². The molecular formula is C22H28ClN3O4S. The SMILES string of the molecule is CNC(=O)[C@@H]1[C@H]2C(=O)N(CCCCO)C(C(=O)Nc3c(C)cccc3Cl)C23CC[C@H]1S3. The van der Waals surface area contributed by atoms with Crippen molar-refractivity contribution in [3.8, 4) is 0 Å². The van der Waals surface area contributed by atoms with Crippen LogP contribution in [0.25, 0.3) is 0 Å². The standard InChI is InChI=1S/C22H28ClN3O4S/c1-12-6-5-7-13(23)17(12)25-20(29)18-22-9-8-14(31-22)15(19(28)24-2)16(22)21(30)26(18)10-3-4-11-27/h5-7,14-16,18,27H,3-4,8-11H2,1-2H3,(H,24,28)(H,25,29)/t14-,15+,16+,18?,22?/m1/s1. The fraction of sp³-hybridized carbons (Fsp3) is 0.591. The second kappa shape index (κ2) is 8.64. The lowest BCUT2D eigenvalue weighted by Crippen LogP contribution is -2.51. The number of unbranched alkanes of at least 4 members (excludes halogenated alkanes) is 1. The monoisotopic (exact) mass is 465 g/mol. The Bertz CT molecular complexity index is 892. The largest absolute Gasteiger partial charge is 0.396 e. The van der Waals surface area contributed by atoms with Gasteiger partial charge in [-0.2, -0.15) is 0 Å². The van der Waals surface area contributed by atoms with Crippen molar-refractivity contribution in [2.45, 2.75) is 48.6 Å². The number of carbonyl (C=O) groups excluding carboxylic acids is 3. The maximum Gasteiger partial charge on any atom is 0.248 e. The van der Waals surface area contributed by atoms with E-state index in [0.717, 1.165) is 18.4 Å². The first-order valence-electron chi connectivity index (χ1n) is 10.7. The van der Waals surface area contributed by atoms with E-state index in [1.54, 1.807) is 29.8 Å². The highest BCUT2D eigenvalue weighted by molar-refractivity contribution is 8.02. The number of amides is 3. The fourth-order valence-electron chi connectivity index (χ4n) is 5.54. The fourth-order valence-corrected chi connectivity index (χ4v) is 8.03. The van der Waals surface area contributed by atoms with Crippen molar-refractivity contribution in [2.75, 3.05) is 25.5 Å². The molecule has 1 aromatic carbocycles. The third-order valence-corrected chi connectivity index (χ3v) is 9.14. The molecule has 2 bridgehead atoms. The molecule has 3 aliphatic rings. The summed E-state index contributed by atoms with van der Waals surface area (Å²) in [6.07, 6.45) is 2.68. The van der Waals surface area contributed by atoms with E-state index in [4.69, 9.17) is 11.6 Å². The Hall–Kier alpha value is -1.77. The smallest absolute Gasteiger partial charge is 0.248 e. The van der Waals surface area contributed by atoms with Crippen LogP contribution < -0.4 is 10.6 Å². The summed E-state index contributed by atoms with van der Waals surface area (Å²) in [5.74, 6) is -1.44. The number of aliphatic hydroxyl groups excluding tert-OH is 1. The van der Waals surface area contributed by atoms with E-state index in [0.29, 0.717) is 30.1 Å². The molecule has 3 amide bonds. The van der Waals surface area contributed by atoms with Gasteiger partial charge in [0.25, 0.3) is 0 Å². The molecule has 31 heavy (non-hydrogen) atoms. The summed E-state index contributed by atoms with van der Waals surface area (Å²) >= 11 is 7.98. The van der Waals surface area contributed by atoms with E-state index < -0.39 is 22.6 Å². The number of aliphatic hydroxyl groups is 1. The van der Waals surface area contributed by atoms with Crippen molar-refractivity contribution >= 4 is 46.8 Å². The molecule has 3 heterocycles. The minimum atomic E-state index is -0.677. The lowest BCUT2D eigenvalue weighted by atomic mass is 9.70. The quantitative estimate of drug-likeness (QED) is 0.536. The van der Waals surface area contributed by atoms with Gasteiger partial charge in [0, 0.05) is 25.4 Å². The summed E-state index contributed by atoms with van der Waals surface area (Å²) in [6, 6.07) is 4.75. The van der Waals surface area contributed by atoms with Gasteiger partial charge in [-0.15, -0.1) is 11.8 Å². The van der Waals surface area contributed by atoms with Crippen molar-refractivity contribution < 1.29 is 19.5 Å². The molecule has 7 nitrogen and oxygen atoms in total. The first-order valence-corrected chi connectivity index (χ1v) is 12.0. The van der Waals surface area contributed by atoms with E-state index in [1.807, 2.05) is 19.1 Å². The van der Waals surface area contributed by atoms with Crippen molar-refractivity contribution in [2.24, 2.45) is 11.8 Å². The Morgan fingerprint density at radius 1 is 1.32 bits per heavy atom. The lowest BCUT2D eigenvalue weighted by molar-refractivity contribution is -0.139. The van der Waals surface area contributed by atoms with Crippen molar-refractivity contribution in [1.82, 2.24) is 10.2 Å². The molecule has 0 saturated carbocycles. The number of nitrogens with zero attached hydrogens (tertiary/aromatic N) is 1. The molecule has 9 heteroatoms. The summed E-state index contributed by atoms with van der Waals surface area (Å²) in [6.45, 7) is 2.28. The van der Waals surface area contributed by atoms with Crippen LogP contribution in [-0.4, -0.2) is 64.0 Å². The van der Waals surface area contributed by atoms with Gasteiger partial charge in [-0.05, 0) is 44.2 Å². The van der Waals surface area contributed by atoms with E-state index in [-0.39, 0.29) is 29.6 Å². The van der Waals surface area contributed by atoms with Crippen LogP contribution in [0.4, 0.5) is 5.69 Å². The Morgan fingerprint density at radius 3 is 2.77 bits per heavy atom. The summed E-state index contributed by atoms with van der Waals surface area (Å²) in [4.78, 5) is 41.5. The minimum absolute atomic E-state index is 0.0317. The first kappa shape index (κ1) is 22.4. The number of benzene rings is 1. The lowest BCUT2D eigenvalue weighted by Gasteiger charge is -2.34. The topological polar surface area (TPSA) is 98.7 Å². The molecular weight excluding hydrogens is 438 g/mol. The second-order valence-corrected chi connectivity index (χ2v) is 10.6. The Morgan fingerprint density at radius 2 is 2.10 bits per heavy atom. The van der Waals surface area contributed by atoms with Gasteiger partial charge in [-0.3, -0.25) is 14.4 Å². The number of carbonyl (C=O) groups is 3. The maximum absolute atomic E-state index is 13.7. The van der Waals surface area contributed by atoms with E-state index >= 15 is 0 Å². The average molecular weight is 466 g/mol. The zero-order valence-corrected chi connectivity index (χ0v) is 19.3. The van der Waals surface area contributed by atoms with Crippen molar-refractivity contribution in [1.29, 1.82) is 0 Å². The summed E-state index contributed by atoms with van der Waals surface area (Å²) < 4.78 is -0.614. The molecule has 0 aliphatic carbocycles. The molecule has 2 unspecified atom stereocenters. The van der Waals surface area contributed by atoms with Crippen LogP contribution in [0, 0.1) is 18.8 Å². The van der Waals surface area contributed by atoms with Gasteiger partial charge in [0.05, 0.1) is 27.3 Å². The van der Waals surface area contributed by atoms with Gasteiger partial charge < -0.3 is 20.6 Å².